The van der Waals surface area contributed by atoms with Crippen molar-refractivity contribution in [2.75, 3.05) is 13.1 Å². The molecule has 144 valence electrons. The van der Waals surface area contributed by atoms with Crippen LogP contribution in [0, 0.1) is 5.92 Å². The first-order chi connectivity index (χ1) is 13.7. The van der Waals surface area contributed by atoms with E-state index in [0.29, 0.717) is 17.6 Å². The number of furan rings is 1. The summed E-state index contributed by atoms with van der Waals surface area (Å²) in [5.74, 6) is 2.30. The minimum Gasteiger partial charge on any atom is -0.462 e. The molecule has 28 heavy (non-hydrogen) atoms. The predicted octanol–water partition coefficient (Wildman–Crippen LogP) is 3.22. The Balaban J connectivity index is 1.48. The standard InChI is InChI=1S/C23H24N2O3/c26-15-20-7-6-19(28-20)14-24-11-16-10-18(13-24)23-21(17-4-2-1-3-5-17)8-9-22(27)25(23)12-16/h1-9,16,18,26H,10-15H2. The lowest BCUT2D eigenvalue weighted by Crippen LogP contribution is -2.46. The van der Waals surface area contributed by atoms with Crippen LogP contribution in [0.5, 0.6) is 0 Å². The van der Waals surface area contributed by atoms with Gasteiger partial charge in [0, 0.05) is 42.9 Å². The quantitative estimate of drug-likeness (QED) is 0.760. The number of nitrogens with zero attached hydrogens (tertiary/aromatic N) is 2. The predicted molar refractivity (Wildman–Crippen MR) is 107 cm³/mol. The summed E-state index contributed by atoms with van der Waals surface area (Å²) in [6.07, 6.45) is 1.12. The Bertz CT molecular complexity index is 1040. The molecule has 1 saturated heterocycles. The van der Waals surface area contributed by atoms with Gasteiger partial charge in [-0.1, -0.05) is 30.3 Å². The van der Waals surface area contributed by atoms with Crippen molar-refractivity contribution in [2.45, 2.75) is 32.0 Å². The second-order valence-electron chi connectivity index (χ2n) is 7.97. The third kappa shape index (κ3) is 3.11. The van der Waals surface area contributed by atoms with Crippen LogP contribution >= 0.6 is 0 Å². The first-order valence-electron chi connectivity index (χ1n) is 9.91. The summed E-state index contributed by atoms with van der Waals surface area (Å²) < 4.78 is 7.70. The van der Waals surface area contributed by atoms with Crippen LogP contribution in [0.15, 0.2) is 63.8 Å². The Hall–Kier alpha value is -2.63. The molecule has 5 nitrogen and oxygen atoms in total. The fraction of sp³-hybridized carbons (Fsp3) is 0.348. The van der Waals surface area contributed by atoms with Crippen LogP contribution in [0.1, 0.15) is 29.6 Å². The maximum atomic E-state index is 12.6. The Morgan fingerprint density at radius 1 is 0.964 bits per heavy atom. The van der Waals surface area contributed by atoms with E-state index in [0.717, 1.165) is 38.4 Å². The maximum absolute atomic E-state index is 12.6. The molecule has 3 aromatic rings. The van der Waals surface area contributed by atoms with Gasteiger partial charge in [-0.2, -0.15) is 0 Å². The topological polar surface area (TPSA) is 58.6 Å². The monoisotopic (exact) mass is 376 g/mol. The SMILES string of the molecule is O=c1ccc(-c2ccccc2)c2n1CC1CC2CN(Cc2ccc(CO)o2)C1. The molecule has 1 aromatic carbocycles. The first-order valence-corrected chi connectivity index (χ1v) is 9.91. The van der Waals surface area contributed by atoms with Crippen molar-refractivity contribution in [3.05, 3.63) is 82.2 Å². The van der Waals surface area contributed by atoms with Crippen molar-refractivity contribution in [3.63, 3.8) is 0 Å². The zero-order valence-electron chi connectivity index (χ0n) is 15.8. The Morgan fingerprint density at radius 3 is 2.57 bits per heavy atom. The number of likely N-dealkylation sites (tertiary alicyclic amines) is 1. The average molecular weight is 376 g/mol. The first kappa shape index (κ1) is 17.5. The molecule has 2 aliphatic heterocycles. The number of hydrogen-bond donors (Lipinski definition) is 1. The molecule has 0 spiro atoms. The molecule has 5 rings (SSSR count). The molecular formula is C23H24N2O3. The summed E-state index contributed by atoms with van der Waals surface area (Å²) in [5, 5.41) is 9.22. The molecule has 1 fully saturated rings. The smallest absolute Gasteiger partial charge is 0.250 e. The number of fused-ring (bicyclic) bond motifs is 4. The highest BCUT2D eigenvalue weighted by molar-refractivity contribution is 5.66. The van der Waals surface area contributed by atoms with Gasteiger partial charge in [-0.15, -0.1) is 0 Å². The third-order valence-electron chi connectivity index (χ3n) is 6.00. The zero-order valence-corrected chi connectivity index (χ0v) is 15.8. The molecular weight excluding hydrogens is 352 g/mol. The van der Waals surface area contributed by atoms with Gasteiger partial charge in [0.25, 0.3) is 5.56 Å². The van der Waals surface area contributed by atoms with Crippen LogP contribution in [-0.4, -0.2) is 27.7 Å². The van der Waals surface area contributed by atoms with E-state index >= 15 is 0 Å². The number of benzene rings is 1. The third-order valence-corrected chi connectivity index (χ3v) is 6.00. The molecule has 0 saturated carbocycles. The molecule has 2 atom stereocenters. The molecule has 2 aromatic heterocycles. The van der Waals surface area contributed by atoms with Gasteiger partial charge in [0.1, 0.15) is 18.1 Å². The van der Waals surface area contributed by atoms with E-state index in [9.17, 15) is 9.90 Å². The van der Waals surface area contributed by atoms with E-state index in [1.807, 2.05) is 41.0 Å². The number of pyridine rings is 1. The van der Waals surface area contributed by atoms with Crippen molar-refractivity contribution >= 4 is 0 Å². The lowest BCUT2D eigenvalue weighted by Gasteiger charge is -2.43. The number of aromatic nitrogens is 1. The number of hydrogen-bond acceptors (Lipinski definition) is 4. The van der Waals surface area contributed by atoms with Gasteiger partial charge >= 0.3 is 0 Å². The largest absolute Gasteiger partial charge is 0.462 e. The highest BCUT2D eigenvalue weighted by atomic mass is 16.4. The number of aliphatic hydroxyl groups excluding tert-OH is 1. The summed E-state index contributed by atoms with van der Waals surface area (Å²) in [5.41, 5.74) is 3.62. The second-order valence-corrected chi connectivity index (χ2v) is 7.97. The maximum Gasteiger partial charge on any atom is 0.250 e. The molecule has 5 heteroatoms. The van der Waals surface area contributed by atoms with E-state index in [1.165, 1.54) is 16.8 Å². The summed E-state index contributed by atoms with van der Waals surface area (Å²) >= 11 is 0. The summed E-state index contributed by atoms with van der Waals surface area (Å²) in [6, 6.07) is 17.8. The highest BCUT2D eigenvalue weighted by Gasteiger charge is 2.36. The molecule has 2 bridgehead atoms. The number of aliphatic hydroxyl groups is 1. The van der Waals surface area contributed by atoms with E-state index in [-0.39, 0.29) is 12.2 Å². The summed E-state index contributed by atoms with van der Waals surface area (Å²) in [4.78, 5) is 15.0. The minimum absolute atomic E-state index is 0.0675. The molecule has 2 aliphatic rings. The summed E-state index contributed by atoms with van der Waals surface area (Å²) in [7, 11) is 0. The van der Waals surface area contributed by atoms with Gasteiger partial charge in [-0.05, 0) is 36.1 Å². The Kier molecular flexibility index (Phi) is 4.41. The van der Waals surface area contributed by atoms with E-state index in [4.69, 9.17) is 4.42 Å². The van der Waals surface area contributed by atoms with Crippen LogP contribution < -0.4 is 5.56 Å². The summed E-state index contributed by atoms with van der Waals surface area (Å²) in [6.45, 7) is 3.33. The van der Waals surface area contributed by atoms with E-state index < -0.39 is 0 Å². The van der Waals surface area contributed by atoms with Crippen molar-refractivity contribution in [1.82, 2.24) is 9.47 Å². The van der Waals surface area contributed by atoms with Gasteiger partial charge in [0.2, 0.25) is 0 Å². The number of piperidine rings is 1. The fourth-order valence-corrected chi connectivity index (χ4v) is 4.92. The van der Waals surface area contributed by atoms with Crippen LogP contribution in [0.4, 0.5) is 0 Å². The van der Waals surface area contributed by atoms with E-state index in [2.05, 4.69) is 17.0 Å². The van der Waals surface area contributed by atoms with Gasteiger partial charge in [-0.3, -0.25) is 9.69 Å². The van der Waals surface area contributed by atoms with Crippen molar-refractivity contribution in [1.29, 1.82) is 0 Å². The highest BCUT2D eigenvalue weighted by Crippen LogP contribution is 2.40. The van der Waals surface area contributed by atoms with E-state index in [1.54, 1.807) is 6.07 Å². The normalized spacial score (nSPS) is 21.5. The fourth-order valence-electron chi connectivity index (χ4n) is 4.92. The molecule has 1 N–H and O–H groups in total. The minimum atomic E-state index is -0.0675. The van der Waals surface area contributed by atoms with Crippen LogP contribution in [0.3, 0.4) is 0 Å². The van der Waals surface area contributed by atoms with Gasteiger partial charge < -0.3 is 14.1 Å². The van der Waals surface area contributed by atoms with Crippen LogP contribution in [0.25, 0.3) is 11.1 Å². The van der Waals surface area contributed by atoms with Gasteiger partial charge in [0.05, 0.1) is 6.54 Å². The Labute approximate surface area is 163 Å². The van der Waals surface area contributed by atoms with Crippen LogP contribution in [0.2, 0.25) is 0 Å². The van der Waals surface area contributed by atoms with Crippen LogP contribution in [-0.2, 0) is 19.7 Å². The van der Waals surface area contributed by atoms with Gasteiger partial charge in [-0.25, -0.2) is 0 Å². The van der Waals surface area contributed by atoms with Crippen molar-refractivity contribution < 1.29 is 9.52 Å². The molecule has 2 unspecified atom stereocenters. The lowest BCUT2D eigenvalue weighted by atomic mass is 9.80. The lowest BCUT2D eigenvalue weighted by molar-refractivity contribution is 0.107. The molecule has 0 aliphatic carbocycles. The Morgan fingerprint density at radius 2 is 1.79 bits per heavy atom. The molecule has 0 radical (unpaired) electrons. The zero-order chi connectivity index (χ0) is 19.1. The second kappa shape index (κ2) is 7.08. The van der Waals surface area contributed by atoms with Crippen molar-refractivity contribution in [2.24, 2.45) is 5.92 Å². The van der Waals surface area contributed by atoms with Gasteiger partial charge in [0.15, 0.2) is 0 Å². The molecule has 0 amide bonds. The average Bonchev–Trinajstić information content (AvgIpc) is 3.17. The number of rotatable bonds is 4. The van der Waals surface area contributed by atoms with Crippen molar-refractivity contribution in [3.8, 4) is 11.1 Å². The molecule has 4 heterocycles.